The van der Waals surface area contributed by atoms with Gasteiger partial charge in [0, 0.05) is 16.7 Å². The van der Waals surface area contributed by atoms with Crippen LogP contribution in [0, 0.1) is 0 Å². The molecule has 0 saturated heterocycles. The van der Waals surface area contributed by atoms with Crippen LogP contribution in [-0.2, 0) is 4.74 Å². The van der Waals surface area contributed by atoms with Crippen molar-refractivity contribution in [1.82, 2.24) is 0 Å². The summed E-state index contributed by atoms with van der Waals surface area (Å²) in [6.45, 7) is 0. The van der Waals surface area contributed by atoms with Crippen molar-refractivity contribution in [3.8, 4) is 0 Å². The molecule has 0 fully saturated rings. The van der Waals surface area contributed by atoms with Crippen LogP contribution >= 0.6 is 11.6 Å². The second-order valence-electron chi connectivity index (χ2n) is 2.41. The zero-order chi connectivity index (χ0) is 9.68. The van der Waals surface area contributed by atoms with Crippen LogP contribution in [0.3, 0.4) is 0 Å². The Morgan fingerprint density at radius 1 is 1.38 bits per heavy atom. The Labute approximate surface area is 81.8 Å². The van der Waals surface area contributed by atoms with Gasteiger partial charge in [-0.25, -0.2) is 0 Å². The van der Waals surface area contributed by atoms with E-state index in [1.807, 2.05) is 0 Å². The first kappa shape index (κ1) is 9.81. The quantitative estimate of drug-likeness (QED) is 0.422. The van der Waals surface area contributed by atoms with Crippen molar-refractivity contribution in [2.45, 2.75) is 0 Å². The first-order chi connectivity index (χ1) is 6.24. The summed E-state index contributed by atoms with van der Waals surface area (Å²) < 4.78 is 4.63. The summed E-state index contributed by atoms with van der Waals surface area (Å²) in [7, 11) is 1.49. The standard InChI is InChI=1S/C10H9ClO2/c1-13-7-6-10(12)8-2-4-9(11)5-3-8/h2-7H,1H3/b7-6+. The number of ether oxygens (including phenoxy) is 1. The van der Waals surface area contributed by atoms with Gasteiger partial charge in [-0.1, -0.05) is 11.6 Å². The van der Waals surface area contributed by atoms with E-state index in [2.05, 4.69) is 4.74 Å². The smallest absolute Gasteiger partial charge is 0.188 e. The number of rotatable bonds is 3. The third-order valence-corrected chi connectivity index (χ3v) is 1.74. The predicted molar refractivity (Wildman–Crippen MR) is 51.9 cm³/mol. The fourth-order valence-corrected chi connectivity index (χ4v) is 0.966. The second kappa shape index (κ2) is 4.67. The van der Waals surface area contributed by atoms with E-state index in [4.69, 9.17) is 11.6 Å². The van der Waals surface area contributed by atoms with Crippen LogP contribution in [-0.4, -0.2) is 12.9 Å². The average molecular weight is 197 g/mol. The number of hydrogen-bond acceptors (Lipinski definition) is 2. The number of halogens is 1. The van der Waals surface area contributed by atoms with E-state index in [0.29, 0.717) is 10.6 Å². The van der Waals surface area contributed by atoms with Crippen molar-refractivity contribution in [3.05, 3.63) is 47.2 Å². The molecule has 68 valence electrons. The predicted octanol–water partition coefficient (Wildman–Crippen LogP) is 2.68. The Balaban J connectivity index is 2.78. The molecule has 0 heterocycles. The lowest BCUT2D eigenvalue weighted by molar-refractivity contribution is 0.104. The van der Waals surface area contributed by atoms with Gasteiger partial charge in [0.2, 0.25) is 0 Å². The summed E-state index contributed by atoms with van der Waals surface area (Å²) in [5, 5.41) is 0.618. The fraction of sp³-hybridized carbons (Fsp3) is 0.100. The number of allylic oxidation sites excluding steroid dienone is 1. The number of methoxy groups -OCH3 is 1. The summed E-state index contributed by atoms with van der Waals surface area (Å²) in [6, 6.07) is 6.69. The Bertz CT molecular complexity index is 314. The summed E-state index contributed by atoms with van der Waals surface area (Å²) in [5.41, 5.74) is 0.595. The molecule has 0 aliphatic rings. The van der Waals surface area contributed by atoms with Crippen molar-refractivity contribution in [1.29, 1.82) is 0 Å². The van der Waals surface area contributed by atoms with Gasteiger partial charge >= 0.3 is 0 Å². The van der Waals surface area contributed by atoms with Crippen LogP contribution in [0.5, 0.6) is 0 Å². The first-order valence-corrected chi connectivity index (χ1v) is 4.11. The highest BCUT2D eigenvalue weighted by Crippen LogP contribution is 2.10. The Morgan fingerprint density at radius 3 is 2.54 bits per heavy atom. The highest BCUT2D eigenvalue weighted by atomic mass is 35.5. The second-order valence-corrected chi connectivity index (χ2v) is 2.85. The van der Waals surface area contributed by atoms with Crippen LogP contribution in [0.4, 0.5) is 0 Å². The fourth-order valence-electron chi connectivity index (χ4n) is 0.840. The molecule has 2 nitrogen and oxygen atoms in total. The minimum absolute atomic E-state index is 0.0986. The maximum Gasteiger partial charge on any atom is 0.188 e. The van der Waals surface area contributed by atoms with Gasteiger partial charge in [-0.15, -0.1) is 0 Å². The number of carbonyl (C=O) groups excluding carboxylic acids is 1. The zero-order valence-electron chi connectivity index (χ0n) is 7.16. The van der Waals surface area contributed by atoms with Gasteiger partial charge in [-0.3, -0.25) is 4.79 Å². The van der Waals surface area contributed by atoms with Crippen LogP contribution in [0.25, 0.3) is 0 Å². The third kappa shape index (κ3) is 2.92. The summed E-state index contributed by atoms with van der Waals surface area (Å²) >= 11 is 5.67. The van der Waals surface area contributed by atoms with Crippen LogP contribution in [0.1, 0.15) is 10.4 Å². The molecule has 0 atom stereocenters. The van der Waals surface area contributed by atoms with Crippen molar-refractivity contribution in [3.63, 3.8) is 0 Å². The molecule has 0 aliphatic heterocycles. The highest BCUT2D eigenvalue weighted by molar-refractivity contribution is 6.30. The van der Waals surface area contributed by atoms with Gasteiger partial charge in [-0.05, 0) is 24.3 Å². The molecule has 0 amide bonds. The van der Waals surface area contributed by atoms with Crippen LogP contribution in [0.15, 0.2) is 36.6 Å². The lowest BCUT2D eigenvalue weighted by Gasteiger charge is -1.94. The molecule has 0 radical (unpaired) electrons. The van der Waals surface area contributed by atoms with E-state index in [1.165, 1.54) is 19.4 Å². The van der Waals surface area contributed by atoms with E-state index >= 15 is 0 Å². The van der Waals surface area contributed by atoms with Crippen LogP contribution in [0.2, 0.25) is 5.02 Å². The van der Waals surface area contributed by atoms with E-state index in [1.54, 1.807) is 24.3 Å². The molecular formula is C10H9ClO2. The average Bonchev–Trinajstić information content (AvgIpc) is 2.15. The lowest BCUT2D eigenvalue weighted by Crippen LogP contribution is -1.93. The monoisotopic (exact) mass is 196 g/mol. The molecule has 0 saturated carbocycles. The molecule has 0 spiro atoms. The normalized spacial score (nSPS) is 10.3. The molecule has 0 aliphatic carbocycles. The third-order valence-electron chi connectivity index (χ3n) is 1.48. The molecular weight excluding hydrogens is 188 g/mol. The SMILES string of the molecule is CO/C=C/C(=O)c1ccc(Cl)cc1. The van der Waals surface area contributed by atoms with Crippen molar-refractivity contribution >= 4 is 17.4 Å². The van der Waals surface area contributed by atoms with Gasteiger partial charge in [0.15, 0.2) is 5.78 Å². The zero-order valence-corrected chi connectivity index (χ0v) is 7.91. The highest BCUT2D eigenvalue weighted by Gasteiger charge is 1.99. The Morgan fingerprint density at radius 2 is 2.00 bits per heavy atom. The maximum atomic E-state index is 11.3. The van der Waals surface area contributed by atoms with Crippen molar-refractivity contribution in [2.24, 2.45) is 0 Å². The molecule has 1 rings (SSSR count). The molecule has 0 unspecified atom stereocenters. The number of ketones is 1. The molecule has 3 heteroatoms. The first-order valence-electron chi connectivity index (χ1n) is 3.73. The molecule has 1 aromatic carbocycles. The summed E-state index contributed by atoms with van der Waals surface area (Å²) in [5.74, 6) is -0.0986. The minimum atomic E-state index is -0.0986. The minimum Gasteiger partial charge on any atom is -0.504 e. The molecule has 0 aromatic heterocycles. The largest absolute Gasteiger partial charge is 0.504 e. The van der Waals surface area contributed by atoms with E-state index in [0.717, 1.165) is 0 Å². The number of carbonyl (C=O) groups is 1. The Kier molecular flexibility index (Phi) is 3.53. The number of hydrogen-bond donors (Lipinski definition) is 0. The molecule has 1 aromatic rings. The van der Waals surface area contributed by atoms with E-state index in [9.17, 15) is 4.79 Å². The van der Waals surface area contributed by atoms with Gasteiger partial charge in [0.05, 0.1) is 13.4 Å². The Hall–Kier alpha value is -1.28. The topological polar surface area (TPSA) is 26.3 Å². The number of benzene rings is 1. The van der Waals surface area contributed by atoms with Gasteiger partial charge in [-0.2, -0.15) is 0 Å². The van der Waals surface area contributed by atoms with Gasteiger partial charge in [0.1, 0.15) is 0 Å². The van der Waals surface area contributed by atoms with Gasteiger partial charge in [0.25, 0.3) is 0 Å². The van der Waals surface area contributed by atoms with Gasteiger partial charge < -0.3 is 4.74 Å². The van der Waals surface area contributed by atoms with Crippen LogP contribution < -0.4 is 0 Å². The summed E-state index contributed by atoms with van der Waals surface area (Å²) in [6.07, 6.45) is 2.71. The molecule has 0 N–H and O–H groups in total. The molecule has 0 bridgehead atoms. The summed E-state index contributed by atoms with van der Waals surface area (Å²) in [4.78, 5) is 11.3. The van der Waals surface area contributed by atoms with Crippen molar-refractivity contribution in [2.75, 3.05) is 7.11 Å². The van der Waals surface area contributed by atoms with E-state index < -0.39 is 0 Å². The van der Waals surface area contributed by atoms with Crippen molar-refractivity contribution < 1.29 is 9.53 Å². The maximum absolute atomic E-state index is 11.3. The molecule has 13 heavy (non-hydrogen) atoms. The van der Waals surface area contributed by atoms with E-state index in [-0.39, 0.29) is 5.78 Å². The lowest BCUT2D eigenvalue weighted by atomic mass is 10.1.